The van der Waals surface area contributed by atoms with Gasteiger partial charge in [-0.25, -0.2) is 9.78 Å². The number of amides is 2. The number of hydrogen-bond donors (Lipinski definition) is 2. The minimum absolute atomic E-state index is 0.0151. The second kappa shape index (κ2) is 10.5. The van der Waals surface area contributed by atoms with Crippen molar-refractivity contribution in [1.82, 2.24) is 29.7 Å². The molecule has 2 aliphatic rings. The van der Waals surface area contributed by atoms with E-state index in [-0.39, 0.29) is 12.1 Å². The van der Waals surface area contributed by atoms with Crippen LogP contribution in [0.1, 0.15) is 30.9 Å². The molecule has 0 bridgehead atoms. The lowest BCUT2D eigenvalue weighted by Gasteiger charge is -2.34. The second-order valence-electron chi connectivity index (χ2n) is 9.23. The van der Waals surface area contributed by atoms with Crippen LogP contribution in [0, 0.1) is 6.92 Å². The third kappa shape index (κ3) is 5.32. The van der Waals surface area contributed by atoms with Gasteiger partial charge < -0.3 is 29.7 Å². The zero-order valence-electron chi connectivity index (χ0n) is 20.5. The van der Waals surface area contributed by atoms with Crippen LogP contribution in [-0.2, 0) is 11.3 Å². The predicted octanol–water partition coefficient (Wildman–Crippen LogP) is 2.63. The highest BCUT2D eigenvalue weighted by Gasteiger charge is 2.25. The predicted molar refractivity (Wildman–Crippen MR) is 136 cm³/mol. The fourth-order valence-electron chi connectivity index (χ4n) is 4.71. The highest BCUT2D eigenvalue weighted by molar-refractivity contribution is 5.84. The maximum atomic E-state index is 12.2. The number of ether oxygens (including phenoxy) is 1. The molecule has 5 rings (SSSR count). The van der Waals surface area contributed by atoms with Crippen molar-refractivity contribution in [3.63, 3.8) is 0 Å². The molecule has 1 aromatic carbocycles. The van der Waals surface area contributed by atoms with Gasteiger partial charge in [0, 0.05) is 45.9 Å². The van der Waals surface area contributed by atoms with Crippen molar-refractivity contribution in [3.8, 4) is 0 Å². The van der Waals surface area contributed by atoms with Gasteiger partial charge in [-0.15, -0.1) is 0 Å². The van der Waals surface area contributed by atoms with Crippen LogP contribution in [0.2, 0.25) is 0 Å². The molecule has 10 heteroatoms. The van der Waals surface area contributed by atoms with Crippen LogP contribution >= 0.6 is 0 Å². The van der Waals surface area contributed by atoms with Gasteiger partial charge in [0.2, 0.25) is 5.95 Å². The van der Waals surface area contributed by atoms with Gasteiger partial charge in [-0.2, -0.15) is 9.97 Å². The summed E-state index contributed by atoms with van der Waals surface area (Å²) in [6.45, 7) is 9.49. The number of carbonyl (C=O) groups excluding carboxylic acids is 1. The summed E-state index contributed by atoms with van der Waals surface area (Å²) < 4.78 is 7.88. The number of piperazine rings is 1. The number of rotatable bonds is 7. The van der Waals surface area contributed by atoms with Crippen LogP contribution in [0.5, 0.6) is 0 Å². The number of anilines is 2. The summed E-state index contributed by atoms with van der Waals surface area (Å²) in [5, 5.41) is 6.37. The number of aromatic nitrogens is 4. The zero-order chi connectivity index (χ0) is 24.2. The summed E-state index contributed by atoms with van der Waals surface area (Å²) in [5.74, 6) is 1.39. The van der Waals surface area contributed by atoms with Crippen molar-refractivity contribution in [3.05, 3.63) is 41.7 Å². The number of hydrogen-bond acceptors (Lipinski definition) is 7. The normalized spacial score (nSPS) is 18.3. The molecular weight excluding hydrogens is 444 g/mol. The first-order valence-electron chi connectivity index (χ1n) is 12.5. The van der Waals surface area contributed by atoms with Crippen molar-refractivity contribution >= 4 is 29.0 Å². The molecule has 1 unspecified atom stereocenters. The largest absolute Gasteiger partial charge is 0.376 e. The Morgan fingerprint density at radius 2 is 2.06 bits per heavy atom. The minimum Gasteiger partial charge on any atom is -0.376 e. The Kier molecular flexibility index (Phi) is 6.98. The number of aryl methyl sites for hydroxylation is 1. The maximum absolute atomic E-state index is 12.2. The molecule has 2 aromatic heterocycles. The molecule has 2 N–H and O–H groups in total. The standard InChI is InChI=1S/C25H34N8O2/c1-3-26-25(34)32-11-9-31(10-12-32)24-29-22(27-15-20-8-5-13-35-20)21-23(30-24)33(17-28-21)16-19-7-4-6-18(2)14-19/h4,6-7,14,17,20H,3,5,8-13,15-16H2,1-2H3,(H,26,34)(H,27,29,30). The highest BCUT2D eigenvalue weighted by Crippen LogP contribution is 2.25. The monoisotopic (exact) mass is 478 g/mol. The van der Waals surface area contributed by atoms with E-state index < -0.39 is 0 Å². The lowest BCUT2D eigenvalue weighted by atomic mass is 10.1. The Balaban J connectivity index is 1.42. The number of fused-ring (bicyclic) bond motifs is 1. The molecule has 3 aromatic rings. The molecule has 10 nitrogen and oxygen atoms in total. The molecule has 2 aliphatic heterocycles. The molecule has 0 aliphatic carbocycles. The maximum Gasteiger partial charge on any atom is 0.317 e. The molecule has 0 spiro atoms. The van der Waals surface area contributed by atoms with Gasteiger partial charge in [-0.05, 0) is 32.3 Å². The number of carbonyl (C=O) groups is 1. The third-order valence-corrected chi connectivity index (χ3v) is 6.59. The third-order valence-electron chi connectivity index (χ3n) is 6.59. The van der Waals surface area contributed by atoms with Crippen molar-refractivity contribution < 1.29 is 9.53 Å². The first-order chi connectivity index (χ1) is 17.1. The van der Waals surface area contributed by atoms with Gasteiger partial charge in [-0.1, -0.05) is 29.8 Å². The summed E-state index contributed by atoms with van der Waals surface area (Å²) in [6.07, 6.45) is 4.18. The topological polar surface area (TPSA) is 100 Å². The Morgan fingerprint density at radius 3 is 2.80 bits per heavy atom. The molecule has 0 saturated carbocycles. The van der Waals surface area contributed by atoms with Crippen LogP contribution in [0.15, 0.2) is 30.6 Å². The Morgan fingerprint density at radius 1 is 1.20 bits per heavy atom. The zero-order valence-corrected chi connectivity index (χ0v) is 20.5. The average molecular weight is 479 g/mol. The molecule has 2 amide bonds. The Bertz CT molecular complexity index is 1170. The molecule has 186 valence electrons. The van der Waals surface area contributed by atoms with Gasteiger partial charge in [0.15, 0.2) is 17.0 Å². The fraction of sp³-hybridized carbons (Fsp3) is 0.520. The lowest BCUT2D eigenvalue weighted by Crippen LogP contribution is -2.52. The summed E-state index contributed by atoms with van der Waals surface area (Å²) >= 11 is 0. The summed E-state index contributed by atoms with van der Waals surface area (Å²) in [4.78, 5) is 30.7. The minimum atomic E-state index is -0.0151. The van der Waals surface area contributed by atoms with Gasteiger partial charge in [-0.3, -0.25) is 0 Å². The van der Waals surface area contributed by atoms with Gasteiger partial charge in [0.1, 0.15) is 0 Å². The van der Waals surface area contributed by atoms with E-state index in [4.69, 9.17) is 14.7 Å². The number of imidazole rings is 1. The molecule has 0 radical (unpaired) electrons. The van der Waals surface area contributed by atoms with Gasteiger partial charge >= 0.3 is 6.03 Å². The van der Waals surface area contributed by atoms with E-state index in [1.807, 2.05) is 18.2 Å². The van der Waals surface area contributed by atoms with E-state index in [0.29, 0.717) is 51.8 Å². The number of benzene rings is 1. The van der Waals surface area contributed by atoms with Crippen LogP contribution in [-0.4, -0.2) is 82.4 Å². The van der Waals surface area contributed by atoms with Crippen molar-refractivity contribution in [1.29, 1.82) is 0 Å². The van der Waals surface area contributed by atoms with Gasteiger partial charge in [0.25, 0.3) is 0 Å². The fourth-order valence-corrected chi connectivity index (χ4v) is 4.71. The van der Waals surface area contributed by atoms with E-state index in [9.17, 15) is 4.79 Å². The van der Waals surface area contributed by atoms with Crippen LogP contribution in [0.25, 0.3) is 11.2 Å². The molecule has 35 heavy (non-hydrogen) atoms. The average Bonchev–Trinajstić information content (AvgIpc) is 3.53. The SMILES string of the molecule is CCNC(=O)N1CCN(c2nc(NCC3CCCO3)c3ncn(Cc4cccc(C)c4)c3n2)CC1. The summed E-state index contributed by atoms with van der Waals surface area (Å²) in [6, 6.07) is 8.47. The molecule has 2 saturated heterocycles. The summed E-state index contributed by atoms with van der Waals surface area (Å²) in [7, 11) is 0. The van der Waals surface area contributed by atoms with Crippen molar-refractivity contribution in [2.24, 2.45) is 0 Å². The van der Waals surface area contributed by atoms with E-state index in [1.165, 1.54) is 11.1 Å². The van der Waals surface area contributed by atoms with Crippen molar-refractivity contribution in [2.75, 3.05) is 56.1 Å². The summed E-state index contributed by atoms with van der Waals surface area (Å²) in [5.41, 5.74) is 4.00. The molecule has 1 atom stereocenters. The number of nitrogens with one attached hydrogen (secondary N) is 2. The van der Waals surface area contributed by atoms with E-state index in [2.05, 4.69) is 56.3 Å². The first-order valence-corrected chi connectivity index (χ1v) is 12.5. The molecule has 2 fully saturated rings. The second-order valence-corrected chi connectivity index (χ2v) is 9.23. The lowest BCUT2D eigenvalue weighted by molar-refractivity contribution is 0.120. The van der Waals surface area contributed by atoms with Crippen molar-refractivity contribution in [2.45, 2.75) is 39.3 Å². The van der Waals surface area contributed by atoms with E-state index in [1.54, 1.807) is 0 Å². The first kappa shape index (κ1) is 23.3. The van der Waals surface area contributed by atoms with Crippen LogP contribution in [0.4, 0.5) is 16.6 Å². The smallest absolute Gasteiger partial charge is 0.317 e. The molecule has 4 heterocycles. The highest BCUT2D eigenvalue weighted by atomic mass is 16.5. The van der Waals surface area contributed by atoms with E-state index >= 15 is 0 Å². The molecular formula is C25H34N8O2. The van der Waals surface area contributed by atoms with Crippen LogP contribution in [0.3, 0.4) is 0 Å². The Labute approximate surface area is 205 Å². The van der Waals surface area contributed by atoms with E-state index in [0.717, 1.165) is 36.4 Å². The Hall–Kier alpha value is -3.40. The number of nitrogens with zero attached hydrogens (tertiary/aromatic N) is 6. The number of urea groups is 1. The van der Waals surface area contributed by atoms with Gasteiger partial charge in [0.05, 0.1) is 19.0 Å². The quantitative estimate of drug-likeness (QED) is 0.538. The van der Waals surface area contributed by atoms with Crippen LogP contribution < -0.4 is 15.5 Å².